The lowest BCUT2D eigenvalue weighted by molar-refractivity contribution is -0.177. The van der Waals surface area contributed by atoms with E-state index in [0.717, 1.165) is 60.9 Å². The summed E-state index contributed by atoms with van der Waals surface area (Å²) < 4.78 is 12.3. The van der Waals surface area contributed by atoms with Crippen LogP contribution in [0.2, 0.25) is 0 Å². The van der Waals surface area contributed by atoms with Gasteiger partial charge in [-0.15, -0.1) is 0 Å². The van der Waals surface area contributed by atoms with Gasteiger partial charge < -0.3 is 14.3 Å². The summed E-state index contributed by atoms with van der Waals surface area (Å²) in [7, 11) is 0. The quantitative estimate of drug-likeness (QED) is 0.613. The minimum Gasteiger partial charge on any atom is -0.489 e. The number of benzene rings is 1. The van der Waals surface area contributed by atoms with E-state index in [9.17, 15) is 14.7 Å². The third-order valence-corrected chi connectivity index (χ3v) is 9.10. The molecule has 9 heteroatoms. The van der Waals surface area contributed by atoms with Gasteiger partial charge in [-0.1, -0.05) is 12.5 Å². The topological polar surface area (TPSA) is 108 Å². The predicted octanol–water partition coefficient (Wildman–Crippen LogP) is 2.38. The molecule has 6 aliphatic rings. The fourth-order valence-electron chi connectivity index (χ4n) is 7.00. The average molecular weight is 493 g/mol. The van der Waals surface area contributed by atoms with Gasteiger partial charge in [-0.25, -0.2) is 4.98 Å². The molecule has 2 N–H and O–H groups in total. The minimum atomic E-state index is -0.853. The number of aliphatic hydroxyl groups is 1. The van der Waals surface area contributed by atoms with E-state index in [4.69, 9.17) is 9.15 Å². The SMILES string of the molecule is Cc1cnc(C2CN([C@@H]3CCCC[C@@H]3Oc3ccc4c(c3)CN(C35CC(C3)C(=O)NC5=O)C4O)C2)o1. The van der Waals surface area contributed by atoms with Crippen LogP contribution >= 0.6 is 0 Å². The normalized spacial score (nSPS) is 34.6. The Bertz CT molecular complexity index is 1210. The highest BCUT2D eigenvalue weighted by Gasteiger charge is 2.62. The van der Waals surface area contributed by atoms with Crippen molar-refractivity contribution < 1.29 is 23.8 Å². The number of nitrogens with one attached hydrogen (secondary N) is 1. The summed E-state index contributed by atoms with van der Waals surface area (Å²) in [6, 6.07) is 6.26. The Hall–Kier alpha value is -2.75. The van der Waals surface area contributed by atoms with Gasteiger partial charge in [-0.05, 0) is 56.7 Å². The molecule has 1 aromatic carbocycles. The van der Waals surface area contributed by atoms with Gasteiger partial charge >= 0.3 is 0 Å². The summed E-state index contributed by atoms with van der Waals surface area (Å²) in [5.74, 6) is 2.27. The number of likely N-dealkylation sites (tertiary alicyclic amines) is 1. The highest BCUT2D eigenvalue weighted by molar-refractivity contribution is 6.07. The Morgan fingerprint density at radius 3 is 2.72 bits per heavy atom. The number of imide groups is 1. The molecule has 1 unspecified atom stereocenters. The summed E-state index contributed by atoms with van der Waals surface area (Å²) in [5.41, 5.74) is 1.01. The van der Waals surface area contributed by atoms with E-state index in [1.807, 2.05) is 30.0 Å². The van der Waals surface area contributed by atoms with Crippen LogP contribution < -0.4 is 10.1 Å². The van der Waals surface area contributed by atoms with Gasteiger partial charge in [-0.2, -0.15) is 0 Å². The molecule has 190 valence electrons. The number of fused-ring (bicyclic) bond motifs is 3. The number of amides is 2. The van der Waals surface area contributed by atoms with Crippen LogP contribution in [-0.2, 0) is 16.1 Å². The molecule has 36 heavy (non-hydrogen) atoms. The molecular formula is C27H32N4O5. The van der Waals surface area contributed by atoms with Gasteiger partial charge in [-0.3, -0.25) is 24.7 Å². The Morgan fingerprint density at radius 2 is 1.97 bits per heavy atom. The second kappa shape index (κ2) is 8.13. The molecule has 5 heterocycles. The fourth-order valence-corrected chi connectivity index (χ4v) is 7.00. The van der Waals surface area contributed by atoms with Crippen LogP contribution in [0, 0.1) is 12.8 Å². The monoisotopic (exact) mass is 492 g/mol. The second-order valence-corrected chi connectivity index (χ2v) is 11.3. The van der Waals surface area contributed by atoms with Crippen molar-refractivity contribution >= 4 is 11.8 Å². The lowest BCUT2D eigenvalue weighted by Crippen LogP contribution is -2.72. The van der Waals surface area contributed by atoms with Crippen molar-refractivity contribution in [2.45, 2.75) is 81.8 Å². The molecule has 0 radical (unpaired) electrons. The minimum absolute atomic E-state index is 0.118. The fraction of sp³-hybridized carbons (Fsp3) is 0.593. The van der Waals surface area contributed by atoms with E-state index in [-0.39, 0.29) is 23.8 Å². The van der Waals surface area contributed by atoms with Gasteiger partial charge in [0.1, 0.15) is 29.4 Å². The highest BCUT2D eigenvalue weighted by Crippen LogP contribution is 2.51. The molecular weight excluding hydrogens is 460 g/mol. The van der Waals surface area contributed by atoms with Crippen LogP contribution in [0.25, 0.3) is 0 Å². The lowest BCUT2D eigenvalue weighted by atomic mass is 9.63. The summed E-state index contributed by atoms with van der Waals surface area (Å²) in [5, 5.41) is 13.5. The summed E-state index contributed by atoms with van der Waals surface area (Å²) >= 11 is 0. The number of rotatable bonds is 5. The number of aryl methyl sites for hydroxylation is 1. The Balaban J connectivity index is 1.04. The maximum absolute atomic E-state index is 12.7. The van der Waals surface area contributed by atoms with E-state index in [0.29, 0.717) is 31.3 Å². The zero-order chi connectivity index (χ0) is 24.6. The molecule has 2 amide bonds. The van der Waals surface area contributed by atoms with Gasteiger partial charge in [0.25, 0.3) is 0 Å². The number of hydrogen-bond acceptors (Lipinski definition) is 8. The van der Waals surface area contributed by atoms with Crippen molar-refractivity contribution in [2.24, 2.45) is 5.92 Å². The van der Waals surface area contributed by atoms with Gasteiger partial charge in [0.05, 0.1) is 12.1 Å². The molecule has 3 saturated heterocycles. The third-order valence-electron chi connectivity index (χ3n) is 9.10. The van der Waals surface area contributed by atoms with Gasteiger partial charge in [0, 0.05) is 37.2 Å². The van der Waals surface area contributed by atoms with E-state index >= 15 is 0 Å². The van der Waals surface area contributed by atoms with Gasteiger partial charge in [0.2, 0.25) is 11.8 Å². The zero-order valence-electron chi connectivity index (χ0n) is 20.5. The molecule has 4 aliphatic heterocycles. The summed E-state index contributed by atoms with van der Waals surface area (Å²) in [6.07, 6.45) is 6.54. The first kappa shape index (κ1) is 22.4. The molecule has 9 nitrogen and oxygen atoms in total. The Kier molecular flexibility index (Phi) is 5.07. The van der Waals surface area contributed by atoms with Crippen molar-refractivity contribution in [1.82, 2.24) is 20.1 Å². The standard InChI is InChI=1S/C27H32N4O5/c1-15-11-28-24(35-15)18-12-30(13-18)21-4-2-3-5-22(21)36-19-6-7-20-16(8-19)14-31(25(20)33)27-9-17(10-27)23(32)29-26(27)34/h6-8,11,17-18,21-22,25,33H,2-5,9-10,12-14H2,1H3,(H,29,32,34)/t17?,21-,22+,25?,27?/m1/s1. The summed E-state index contributed by atoms with van der Waals surface area (Å²) in [6.45, 7) is 4.30. The van der Waals surface area contributed by atoms with E-state index in [1.165, 1.54) is 6.42 Å². The number of hydrogen-bond donors (Lipinski definition) is 2. The lowest BCUT2D eigenvalue weighted by Gasteiger charge is -2.54. The largest absolute Gasteiger partial charge is 0.489 e. The van der Waals surface area contributed by atoms with Crippen molar-refractivity contribution in [1.29, 1.82) is 0 Å². The number of carbonyl (C=O) groups excluding carboxylic acids is 2. The molecule has 2 saturated carbocycles. The number of nitrogens with zero attached hydrogens (tertiary/aromatic N) is 3. The van der Waals surface area contributed by atoms with Crippen molar-refractivity contribution in [3.63, 3.8) is 0 Å². The molecule has 8 rings (SSSR count). The highest BCUT2D eigenvalue weighted by atomic mass is 16.5. The number of piperidine rings is 2. The van der Waals surface area contributed by atoms with E-state index in [2.05, 4.69) is 15.2 Å². The first-order chi connectivity index (χ1) is 17.4. The molecule has 3 atom stereocenters. The van der Waals surface area contributed by atoms with Crippen LogP contribution in [0.3, 0.4) is 0 Å². The van der Waals surface area contributed by atoms with Crippen LogP contribution in [0.5, 0.6) is 5.75 Å². The molecule has 2 bridgehead atoms. The maximum Gasteiger partial charge on any atom is 0.247 e. The van der Waals surface area contributed by atoms with Crippen molar-refractivity contribution in [3.05, 3.63) is 47.2 Å². The van der Waals surface area contributed by atoms with Crippen molar-refractivity contribution in [3.8, 4) is 5.75 Å². The first-order valence-corrected chi connectivity index (χ1v) is 13.2. The molecule has 2 aliphatic carbocycles. The van der Waals surface area contributed by atoms with Crippen LogP contribution in [-0.4, -0.2) is 62.5 Å². The Labute approximate surface area is 209 Å². The second-order valence-electron chi connectivity index (χ2n) is 11.3. The van der Waals surface area contributed by atoms with Crippen LogP contribution in [0.1, 0.15) is 73.4 Å². The average Bonchev–Trinajstić information content (AvgIpc) is 3.36. The van der Waals surface area contributed by atoms with Crippen LogP contribution in [0.15, 0.2) is 28.8 Å². The zero-order valence-corrected chi connectivity index (χ0v) is 20.5. The predicted molar refractivity (Wildman–Crippen MR) is 128 cm³/mol. The smallest absolute Gasteiger partial charge is 0.247 e. The molecule has 1 aromatic heterocycles. The number of ether oxygens (including phenoxy) is 1. The van der Waals surface area contributed by atoms with E-state index in [1.54, 1.807) is 6.20 Å². The maximum atomic E-state index is 12.7. The van der Waals surface area contributed by atoms with Gasteiger partial charge in [0.15, 0.2) is 5.89 Å². The van der Waals surface area contributed by atoms with Crippen molar-refractivity contribution in [2.75, 3.05) is 13.1 Å². The molecule has 5 fully saturated rings. The first-order valence-electron chi connectivity index (χ1n) is 13.2. The van der Waals surface area contributed by atoms with E-state index < -0.39 is 11.8 Å². The number of aromatic nitrogens is 1. The number of aliphatic hydroxyl groups excluding tert-OH is 1. The summed E-state index contributed by atoms with van der Waals surface area (Å²) in [4.78, 5) is 33.4. The number of oxazole rings is 1. The third kappa shape index (κ3) is 3.36. The Morgan fingerprint density at radius 1 is 1.17 bits per heavy atom. The van der Waals surface area contributed by atoms with Crippen LogP contribution in [0.4, 0.5) is 0 Å². The number of carbonyl (C=O) groups is 2. The molecule has 2 aromatic rings. The molecule has 0 spiro atoms.